The van der Waals surface area contributed by atoms with Crippen LogP contribution >= 0.6 is 0 Å². The van der Waals surface area contributed by atoms with Crippen molar-refractivity contribution < 1.29 is 24.2 Å². The van der Waals surface area contributed by atoms with Crippen molar-refractivity contribution in [2.75, 3.05) is 13.2 Å². The van der Waals surface area contributed by atoms with Gasteiger partial charge in [0.1, 0.15) is 0 Å². The Morgan fingerprint density at radius 1 is 1.35 bits per heavy atom. The van der Waals surface area contributed by atoms with Gasteiger partial charge in [0.2, 0.25) is 5.91 Å². The number of para-hydroxylation sites is 1. The molecule has 1 aromatic carbocycles. The average Bonchev–Trinajstić information content (AvgIpc) is 2.38. The van der Waals surface area contributed by atoms with Crippen molar-refractivity contribution in [2.24, 2.45) is 5.73 Å². The van der Waals surface area contributed by atoms with E-state index in [0.717, 1.165) is 6.08 Å². The van der Waals surface area contributed by atoms with Crippen LogP contribution in [0.15, 0.2) is 24.3 Å². The van der Waals surface area contributed by atoms with Crippen LogP contribution in [-0.2, 0) is 9.59 Å². The minimum Gasteiger partial charge on any atom is -0.490 e. The highest BCUT2D eigenvalue weighted by atomic mass is 16.5. The lowest BCUT2D eigenvalue weighted by Gasteiger charge is -2.13. The van der Waals surface area contributed by atoms with Crippen LogP contribution < -0.4 is 15.2 Å². The van der Waals surface area contributed by atoms with Crippen LogP contribution in [-0.4, -0.2) is 30.2 Å². The number of hydrogen-bond donors (Lipinski definition) is 2. The van der Waals surface area contributed by atoms with Crippen LogP contribution in [0, 0.1) is 0 Å². The summed E-state index contributed by atoms with van der Waals surface area (Å²) in [4.78, 5) is 21.3. The molecule has 0 aliphatic carbocycles. The summed E-state index contributed by atoms with van der Waals surface area (Å²) in [5, 5.41) is 8.67. The number of nitrogens with two attached hydrogens (primary N) is 1. The van der Waals surface area contributed by atoms with Gasteiger partial charge in [-0.3, -0.25) is 4.79 Å². The van der Waals surface area contributed by atoms with Crippen LogP contribution in [0.5, 0.6) is 11.5 Å². The highest BCUT2D eigenvalue weighted by molar-refractivity contribution is 5.86. The van der Waals surface area contributed by atoms with Gasteiger partial charge in [0.15, 0.2) is 11.5 Å². The normalized spacial score (nSPS) is 10.4. The van der Waals surface area contributed by atoms with Crippen molar-refractivity contribution in [3.8, 4) is 11.5 Å². The molecule has 3 N–H and O–H groups in total. The third-order valence-corrected chi connectivity index (χ3v) is 2.31. The van der Waals surface area contributed by atoms with Gasteiger partial charge in [0, 0.05) is 11.6 Å². The molecule has 1 aromatic rings. The maximum absolute atomic E-state index is 10.7. The number of rotatable bonds is 8. The van der Waals surface area contributed by atoms with Crippen LogP contribution in [0.4, 0.5) is 0 Å². The van der Waals surface area contributed by atoms with Crippen molar-refractivity contribution in [3.63, 3.8) is 0 Å². The number of carboxylic acid groups (broad SMARTS) is 1. The van der Waals surface area contributed by atoms with Gasteiger partial charge in [-0.15, -0.1) is 0 Å². The first kappa shape index (κ1) is 15.6. The van der Waals surface area contributed by atoms with Crippen LogP contribution in [0.2, 0.25) is 0 Å². The highest BCUT2D eigenvalue weighted by Crippen LogP contribution is 2.32. The summed E-state index contributed by atoms with van der Waals surface area (Å²) in [6.07, 6.45) is 2.49. The van der Waals surface area contributed by atoms with E-state index in [0.29, 0.717) is 23.7 Å². The van der Waals surface area contributed by atoms with E-state index < -0.39 is 11.9 Å². The summed E-state index contributed by atoms with van der Waals surface area (Å²) in [6.45, 7) is 2.37. The Labute approximate surface area is 116 Å². The van der Waals surface area contributed by atoms with Gasteiger partial charge in [-0.25, -0.2) is 4.79 Å². The largest absolute Gasteiger partial charge is 0.490 e. The number of carboxylic acids is 1. The molecule has 0 spiro atoms. The van der Waals surface area contributed by atoms with Gasteiger partial charge in [0.05, 0.1) is 19.6 Å². The lowest BCUT2D eigenvalue weighted by Crippen LogP contribution is -2.15. The summed E-state index contributed by atoms with van der Waals surface area (Å²) >= 11 is 0. The predicted octanol–water partition coefficient (Wildman–Crippen LogP) is 1.44. The first-order valence-corrected chi connectivity index (χ1v) is 6.12. The van der Waals surface area contributed by atoms with Gasteiger partial charge in [-0.1, -0.05) is 12.1 Å². The van der Waals surface area contributed by atoms with Crippen LogP contribution in [0.3, 0.4) is 0 Å². The smallest absolute Gasteiger partial charge is 0.328 e. The second kappa shape index (κ2) is 7.83. The predicted molar refractivity (Wildman–Crippen MR) is 73.6 cm³/mol. The maximum atomic E-state index is 10.7. The van der Waals surface area contributed by atoms with Crippen molar-refractivity contribution >= 4 is 18.0 Å². The molecule has 0 aliphatic heterocycles. The molecule has 0 saturated carbocycles. The standard InChI is InChI=1S/C14H17NO5/c1-2-19-11-5-3-4-10(6-7-13(17)18)14(11)20-9-8-12(15)16/h3-7H,2,8-9H2,1H3,(H2,15,16)(H,17,18)/b7-6+. The van der Waals surface area contributed by atoms with E-state index >= 15 is 0 Å². The Bertz CT molecular complexity index is 510. The molecular weight excluding hydrogens is 262 g/mol. The molecule has 0 aliphatic rings. The minimum absolute atomic E-state index is 0.0720. The molecule has 0 radical (unpaired) electrons. The van der Waals surface area contributed by atoms with Gasteiger partial charge < -0.3 is 20.3 Å². The zero-order chi connectivity index (χ0) is 15.0. The SMILES string of the molecule is CCOc1cccc(/C=C/C(=O)O)c1OCCC(N)=O. The van der Waals surface area contributed by atoms with Crippen molar-refractivity contribution in [1.29, 1.82) is 0 Å². The summed E-state index contributed by atoms with van der Waals surface area (Å²) in [6, 6.07) is 5.14. The van der Waals surface area contributed by atoms with Crippen LogP contribution in [0.1, 0.15) is 18.9 Å². The molecule has 1 amide bonds. The molecule has 108 valence electrons. The Kier molecular flexibility index (Phi) is 6.09. The summed E-state index contributed by atoms with van der Waals surface area (Å²) in [5.41, 5.74) is 5.61. The van der Waals surface area contributed by atoms with Gasteiger partial charge >= 0.3 is 5.97 Å². The average molecular weight is 279 g/mol. The molecule has 6 nitrogen and oxygen atoms in total. The lowest BCUT2D eigenvalue weighted by atomic mass is 10.1. The van der Waals surface area contributed by atoms with E-state index in [2.05, 4.69) is 0 Å². The minimum atomic E-state index is -1.06. The monoisotopic (exact) mass is 279 g/mol. The number of aliphatic carboxylic acids is 1. The number of primary amides is 1. The van der Waals surface area contributed by atoms with Crippen molar-refractivity contribution in [2.45, 2.75) is 13.3 Å². The number of ether oxygens (including phenoxy) is 2. The maximum Gasteiger partial charge on any atom is 0.328 e. The van der Waals surface area contributed by atoms with E-state index in [1.54, 1.807) is 18.2 Å². The summed E-state index contributed by atoms with van der Waals surface area (Å²) in [7, 11) is 0. The molecule has 0 atom stereocenters. The molecular formula is C14H17NO5. The first-order chi connectivity index (χ1) is 9.54. The third-order valence-electron chi connectivity index (χ3n) is 2.31. The Balaban J connectivity index is 2.99. The molecule has 0 saturated heterocycles. The third kappa shape index (κ3) is 5.01. The quantitative estimate of drug-likeness (QED) is 0.701. The molecule has 0 aromatic heterocycles. The fourth-order valence-electron chi connectivity index (χ4n) is 1.50. The Morgan fingerprint density at radius 2 is 2.10 bits per heavy atom. The Hall–Kier alpha value is -2.50. The second-order valence-corrected chi connectivity index (χ2v) is 3.84. The van der Waals surface area contributed by atoms with Crippen molar-refractivity contribution in [1.82, 2.24) is 0 Å². The van der Waals surface area contributed by atoms with Gasteiger partial charge in [-0.2, -0.15) is 0 Å². The molecule has 0 heterocycles. The Morgan fingerprint density at radius 3 is 2.70 bits per heavy atom. The van der Waals surface area contributed by atoms with Gasteiger partial charge in [-0.05, 0) is 19.1 Å². The number of benzene rings is 1. The zero-order valence-corrected chi connectivity index (χ0v) is 11.2. The zero-order valence-electron chi connectivity index (χ0n) is 11.2. The molecule has 1 rings (SSSR count). The number of hydrogen-bond acceptors (Lipinski definition) is 4. The summed E-state index contributed by atoms with van der Waals surface area (Å²) in [5.74, 6) is -0.644. The molecule has 0 bridgehead atoms. The molecule has 6 heteroatoms. The molecule has 20 heavy (non-hydrogen) atoms. The number of carbonyl (C=O) groups excluding carboxylic acids is 1. The van der Waals surface area contributed by atoms with Gasteiger partial charge in [0.25, 0.3) is 0 Å². The summed E-state index contributed by atoms with van der Waals surface area (Å²) < 4.78 is 10.9. The molecule has 0 fully saturated rings. The molecule has 0 unspecified atom stereocenters. The van der Waals surface area contributed by atoms with Crippen LogP contribution in [0.25, 0.3) is 6.08 Å². The topological polar surface area (TPSA) is 98.8 Å². The number of amides is 1. The fraction of sp³-hybridized carbons (Fsp3) is 0.286. The van der Waals surface area contributed by atoms with E-state index in [-0.39, 0.29) is 13.0 Å². The lowest BCUT2D eigenvalue weighted by molar-refractivity contribution is -0.131. The van der Waals surface area contributed by atoms with Crippen molar-refractivity contribution in [3.05, 3.63) is 29.8 Å². The second-order valence-electron chi connectivity index (χ2n) is 3.84. The number of carbonyl (C=O) groups is 2. The van der Waals surface area contributed by atoms with E-state index in [1.165, 1.54) is 6.08 Å². The highest BCUT2D eigenvalue weighted by Gasteiger charge is 2.10. The first-order valence-electron chi connectivity index (χ1n) is 6.12. The van der Waals surface area contributed by atoms with E-state index in [4.69, 9.17) is 20.3 Å². The van der Waals surface area contributed by atoms with E-state index in [9.17, 15) is 9.59 Å². The fourth-order valence-corrected chi connectivity index (χ4v) is 1.50. The van der Waals surface area contributed by atoms with E-state index in [1.807, 2.05) is 6.92 Å².